The highest BCUT2D eigenvalue weighted by Crippen LogP contribution is 2.38. The van der Waals surface area contributed by atoms with Crippen LogP contribution in [-0.2, 0) is 0 Å². The molecule has 6 nitrogen and oxygen atoms in total. The molecule has 0 fully saturated rings. The highest BCUT2D eigenvalue weighted by Gasteiger charge is 2.41. The maximum absolute atomic E-state index is 10.9. The molecule has 7 heteroatoms. The molecule has 4 heterocycles. The number of hydrogen-bond donors (Lipinski definition) is 0. The largest absolute Gasteiger partial charge is 0.309 e. The van der Waals surface area contributed by atoms with E-state index in [1.807, 2.05) is 36.4 Å². The lowest BCUT2D eigenvalue weighted by atomic mass is 10.1. The van der Waals surface area contributed by atoms with Gasteiger partial charge >= 0.3 is 0 Å². The van der Waals surface area contributed by atoms with Crippen molar-refractivity contribution in [1.29, 1.82) is 0 Å². The molecule has 0 bridgehead atoms. The highest BCUT2D eigenvalue weighted by molar-refractivity contribution is 7.20. The molecule has 0 aliphatic carbocycles. The van der Waals surface area contributed by atoms with Crippen LogP contribution in [0, 0.1) is 0 Å². The van der Waals surface area contributed by atoms with Gasteiger partial charge in [0.05, 0.1) is 74.4 Å². The monoisotopic (exact) mass is 936 g/mol. The molecule has 10 aromatic carbocycles. The van der Waals surface area contributed by atoms with E-state index in [2.05, 4.69) is 0 Å². The molecule has 0 N–H and O–H groups in total. The molecular weight excluding hydrogens is 869 g/mol. The van der Waals surface area contributed by atoms with Crippen LogP contribution in [0.3, 0.4) is 0 Å². The standard InChI is InChI=1S/C63H42N6Si/c1-4-22-43(23-5-1)70(44-24-6-2-7-25-44,45-26-8-3-9-27-45)46-40-41-52-51-32-10-16-34-54(51)67(60(52)42-46)59-39-21-15-33-53(59)61-64-62(68-55-35-17-11-28-47(55)48-29-12-18-36-56(48)68)66-63(65-61)69-57-37-19-13-30-49(57)50-31-14-20-38-58(50)69/h1-42H/i10D,11D,12D,13D,14D,15D,16D,17D,18D,19D,20D,21D,28D,29D,30D,31D,32D,33D,35D,36D,37D,38D,39D,40D,41D,42D. The molecule has 0 amide bonds. The summed E-state index contributed by atoms with van der Waals surface area (Å²) in [6.45, 7) is 0. The van der Waals surface area contributed by atoms with Crippen LogP contribution in [0.4, 0.5) is 0 Å². The molecule has 70 heavy (non-hydrogen) atoms. The van der Waals surface area contributed by atoms with Gasteiger partial charge in [-0.05, 0) is 69.1 Å². The molecule has 14 rings (SSSR count). The fraction of sp³-hybridized carbons (Fsp3) is 0. The zero-order valence-corrected chi connectivity index (χ0v) is 36.9. The van der Waals surface area contributed by atoms with E-state index >= 15 is 0 Å². The Morgan fingerprint density at radius 2 is 0.714 bits per heavy atom. The maximum atomic E-state index is 10.9. The van der Waals surface area contributed by atoms with Gasteiger partial charge in [-0.2, -0.15) is 15.0 Å². The van der Waals surface area contributed by atoms with E-state index in [9.17, 15) is 21.9 Å². The smallest absolute Gasteiger partial charge is 0.240 e. The minimum atomic E-state index is -4.13. The van der Waals surface area contributed by atoms with Crippen molar-refractivity contribution in [3.05, 3.63) is 254 Å². The highest BCUT2D eigenvalue weighted by atomic mass is 28.3. The summed E-state index contributed by atoms with van der Waals surface area (Å²) in [5.41, 5.74) is -4.60. The lowest BCUT2D eigenvalue weighted by Gasteiger charge is -2.34. The van der Waals surface area contributed by atoms with Crippen molar-refractivity contribution < 1.29 is 35.6 Å². The second-order valence-corrected chi connectivity index (χ2v) is 19.7. The Bertz CT molecular complexity index is 5430. The molecule has 0 saturated carbocycles. The summed E-state index contributed by atoms with van der Waals surface area (Å²) in [6.07, 6.45) is 0. The Morgan fingerprint density at radius 1 is 0.314 bits per heavy atom. The summed E-state index contributed by atoms with van der Waals surface area (Å²) in [4.78, 5) is 14.4. The topological polar surface area (TPSA) is 53.5 Å². The first-order chi connectivity index (χ1) is 45.5. The Morgan fingerprint density at radius 3 is 1.20 bits per heavy atom. The summed E-state index contributed by atoms with van der Waals surface area (Å²) in [5, 5.41) is -0.774. The molecule has 328 valence electrons. The van der Waals surface area contributed by atoms with Gasteiger partial charge in [0, 0.05) is 37.9 Å². The fourth-order valence-electron chi connectivity index (χ4n) is 9.53. The van der Waals surface area contributed by atoms with E-state index in [-0.39, 0.29) is 27.0 Å². The summed E-state index contributed by atoms with van der Waals surface area (Å²) in [6, 6.07) is 6.95. The molecule has 0 unspecified atom stereocenters. The first-order valence-electron chi connectivity index (χ1n) is 34.7. The normalized spacial score (nSPS) is 17.2. The van der Waals surface area contributed by atoms with Gasteiger partial charge in [0.1, 0.15) is 0 Å². The quantitative estimate of drug-likeness (QED) is 0.113. The van der Waals surface area contributed by atoms with E-state index in [4.69, 9.17) is 28.7 Å². The van der Waals surface area contributed by atoms with Crippen LogP contribution in [-0.4, -0.2) is 36.7 Å². The van der Waals surface area contributed by atoms with Crippen molar-refractivity contribution in [2.24, 2.45) is 0 Å². The number of aromatic nitrogens is 6. The Kier molecular flexibility index (Phi) is 4.99. The molecule has 0 radical (unpaired) electrons. The van der Waals surface area contributed by atoms with Gasteiger partial charge in [-0.25, -0.2) is 0 Å². The van der Waals surface area contributed by atoms with E-state index in [1.54, 1.807) is 54.6 Å². The van der Waals surface area contributed by atoms with Crippen LogP contribution >= 0.6 is 0 Å². The molecule has 0 aliphatic heterocycles. The van der Waals surface area contributed by atoms with Gasteiger partial charge in [0.15, 0.2) is 13.9 Å². The minimum Gasteiger partial charge on any atom is -0.309 e. The first-order valence-corrected chi connectivity index (χ1v) is 23.7. The predicted octanol–water partition coefficient (Wildman–Crippen LogP) is 12.2. The van der Waals surface area contributed by atoms with Gasteiger partial charge in [-0.15, -0.1) is 0 Å². The van der Waals surface area contributed by atoms with Crippen LogP contribution in [0.2, 0.25) is 0 Å². The molecule has 4 aromatic heterocycles. The van der Waals surface area contributed by atoms with Gasteiger partial charge in [0.2, 0.25) is 11.9 Å². The third kappa shape index (κ3) is 5.95. The SMILES string of the molecule is [2H]c1cc2c(c([2H])c1[2H])c1c([2H])c([2H])c([Si](c3ccccc3)(c3ccccc3)c3ccccc3)c([2H])c1n2-c1c([2H])c([2H])c([2H])c([2H])c1-c1nc(-n2c3c([2H])c([2H])c([2H])c([2H])c3c3c([2H])c([2H])c([2H])c([2H])c32)nc(-n2c3c([2H])c([2H])c([2H])c([2H])c3c3c([2H])c([2H])c([2H])c([2H])c32)n1. The molecule has 0 atom stereocenters. The van der Waals surface area contributed by atoms with Crippen molar-refractivity contribution in [1.82, 2.24) is 28.7 Å². The summed E-state index contributed by atoms with van der Waals surface area (Å²) >= 11 is 0. The van der Waals surface area contributed by atoms with Crippen LogP contribution in [0.5, 0.6) is 0 Å². The molecule has 0 aliphatic rings. The van der Waals surface area contributed by atoms with E-state index in [1.165, 1.54) is 0 Å². The summed E-state index contributed by atoms with van der Waals surface area (Å²) in [7, 11) is -4.13. The maximum Gasteiger partial charge on any atom is 0.240 e. The van der Waals surface area contributed by atoms with Crippen LogP contribution < -0.4 is 20.7 Å². The van der Waals surface area contributed by atoms with Crippen molar-refractivity contribution >= 4 is 94.2 Å². The number of hydrogen-bond acceptors (Lipinski definition) is 3. The van der Waals surface area contributed by atoms with Crippen molar-refractivity contribution in [3.63, 3.8) is 0 Å². The van der Waals surface area contributed by atoms with Crippen molar-refractivity contribution in [2.75, 3.05) is 0 Å². The lowest BCUT2D eigenvalue weighted by molar-refractivity contribution is 0.892. The van der Waals surface area contributed by atoms with E-state index < -0.39 is 238 Å². The predicted molar refractivity (Wildman–Crippen MR) is 292 cm³/mol. The van der Waals surface area contributed by atoms with Gasteiger partial charge in [-0.3, -0.25) is 9.13 Å². The van der Waals surface area contributed by atoms with Gasteiger partial charge in [0.25, 0.3) is 0 Å². The second-order valence-electron chi connectivity index (χ2n) is 16.0. The Balaban J connectivity index is 1.25. The number of nitrogens with zero attached hydrogens (tertiary/aromatic N) is 6. The fourth-order valence-corrected chi connectivity index (χ4v) is 14.0. The second kappa shape index (κ2) is 16.0. The lowest BCUT2D eigenvalue weighted by Crippen LogP contribution is -2.74. The minimum absolute atomic E-state index is 0.0236. The number of para-hydroxylation sites is 6. The Labute approximate surface area is 441 Å². The average molecular weight is 937 g/mol. The molecule has 0 spiro atoms. The molecular formula is C63H42N6Si. The van der Waals surface area contributed by atoms with Gasteiger partial charge in [-0.1, -0.05) is 206 Å². The van der Waals surface area contributed by atoms with Gasteiger partial charge < -0.3 is 4.57 Å². The first kappa shape index (κ1) is 21.8. The van der Waals surface area contributed by atoms with E-state index in [0.29, 0.717) is 15.6 Å². The van der Waals surface area contributed by atoms with Crippen LogP contribution in [0.15, 0.2) is 254 Å². The summed E-state index contributed by atoms with van der Waals surface area (Å²) < 4.78 is 247. The Hall–Kier alpha value is -9.17. The van der Waals surface area contributed by atoms with Crippen LogP contribution in [0.25, 0.3) is 94.4 Å². The molecule has 0 saturated heterocycles. The average Bonchev–Trinajstić information content (AvgIpc) is 1.49. The summed E-state index contributed by atoms with van der Waals surface area (Å²) in [5.74, 6) is -2.71. The number of fused-ring (bicyclic) bond motifs is 9. The third-order valence-corrected chi connectivity index (χ3v) is 17.0. The third-order valence-electron chi connectivity index (χ3n) is 12.4. The van der Waals surface area contributed by atoms with E-state index in [0.717, 1.165) is 19.8 Å². The van der Waals surface area contributed by atoms with Crippen molar-refractivity contribution in [3.8, 4) is 29.0 Å². The van der Waals surface area contributed by atoms with Crippen LogP contribution in [0.1, 0.15) is 35.6 Å². The number of benzene rings is 10. The molecule has 14 aromatic rings. The zero-order valence-electron chi connectivity index (χ0n) is 61.9. The number of rotatable bonds is 8. The zero-order chi connectivity index (χ0) is 68.8. The van der Waals surface area contributed by atoms with Crippen molar-refractivity contribution in [2.45, 2.75) is 0 Å².